The third-order valence-electron chi connectivity index (χ3n) is 3.01. The van der Waals surface area contributed by atoms with Gasteiger partial charge in [-0.05, 0) is 0 Å². The third kappa shape index (κ3) is 2.00. The molecule has 1 atom stereocenters. The maximum atomic E-state index is 2.52. The van der Waals surface area contributed by atoms with Gasteiger partial charge in [-0.15, -0.1) is 0 Å². The summed E-state index contributed by atoms with van der Waals surface area (Å²) in [5.74, 6) is 0. The monoisotopic (exact) mass is 181 g/mol. The van der Waals surface area contributed by atoms with Gasteiger partial charge in [0.05, 0.1) is 0 Å². The number of nitrogens with zero attached hydrogens (tertiary/aromatic N) is 1. The molecule has 1 aliphatic heterocycles. The molecule has 1 heterocycles. The molecule has 1 nitrogen and oxygen atoms in total. The average molecular weight is 181 g/mol. The van der Waals surface area contributed by atoms with Crippen molar-refractivity contribution in [2.24, 2.45) is 0 Å². The zero-order valence-electron chi connectivity index (χ0n) is 9.16. The van der Waals surface area contributed by atoms with Crippen LogP contribution in [0, 0.1) is 0 Å². The molecule has 0 saturated carbocycles. The van der Waals surface area contributed by atoms with Crippen molar-refractivity contribution in [1.82, 2.24) is 0 Å². The van der Waals surface area contributed by atoms with Crippen LogP contribution < -0.4 is 4.90 Å². The molecule has 1 aromatic carbocycles. The van der Waals surface area contributed by atoms with E-state index in [0.717, 1.165) is 0 Å². The molecule has 0 N–H and O–H groups in total. The number of rotatable bonds is 2. The Labute approximate surface area is 95.7 Å². The van der Waals surface area contributed by atoms with Gasteiger partial charge in [-0.25, -0.2) is 0 Å². The number of benzene rings is 1. The van der Waals surface area contributed by atoms with Crippen LogP contribution in [0.25, 0.3) is 0 Å². The predicted molar refractivity (Wildman–Crippen MR) is 62.1 cm³/mol. The molecule has 14 heavy (non-hydrogen) atoms. The summed E-state index contributed by atoms with van der Waals surface area (Å²) >= 11 is 2.27. The molecule has 0 amide bonds. The standard InChI is InChI=1S/C12H16N.Li/c1-2-11-7-3-4-8-12(11)13-9-5-6-10-13;/h2-4,7-8H,5-6,9-10H2,1H3;. The van der Waals surface area contributed by atoms with Crippen molar-refractivity contribution in [3.05, 3.63) is 29.8 Å². The second-order valence-corrected chi connectivity index (χ2v) is 4.41. The fourth-order valence-corrected chi connectivity index (χ4v) is 2.22. The third-order valence-corrected chi connectivity index (χ3v) is 3.01. The molecule has 2 rings (SSSR count). The van der Waals surface area contributed by atoms with Gasteiger partial charge in [0, 0.05) is 0 Å². The van der Waals surface area contributed by atoms with E-state index < -0.39 is 0 Å². The first kappa shape index (κ1) is 10.1. The topological polar surface area (TPSA) is 3.24 Å². The Bertz CT molecular complexity index is 303. The molecule has 0 aliphatic carbocycles. The van der Waals surface area contributed by atoms with E-state index in [2.05, 4.69) is 53.8 Å². The Morgan fingerprint density at radius 1 is 1.21 bits per heavy atom. The average Bonchev–Trinajstić information content (AvgIpc) is 2.70. The van der Waals surface area contributed by atoms with E-state index in [1.54, 1.807) is 0 Å². The van der Waals surface area contributed by atoms with Gasteiger partial charge in [0.2, 0.25) is 0 Å². The van der Waals surface area contributed by atoms with Crippen LogP contribution in [0.5, 0.6) is 0 Å². The summed E-state index contributed by atoms with van der Waals surface area (Å²) in [4.78, 5) is 2.52. The molecule has 1 aromatic rings. The van der Waals surface area contributed by atoms with Crippen LogP contribution in [0.2, 0.25) is 0 Å². The minimum absolute atomic E-state index is 0.631. The SMILES string of the molecule is [Li][CH](C)c1ccccc1N1CCCC1. The van der Waals surface area contributed by atoms with E-state index in [9.17, 15) is 0 Å². The summed E-state index contributed by atoms with van der Waals surface area (Å²) in [6.07, 6.45) is 2.71. The summed E-state index contributed by atoms with van der Waals surface area (Å²) in [6.45, 7) is 4.75. The Kier molecular flexibility index (Phi) is 3.21. The van der Waals surface area contributed by atoms with E-state index in [4.69, 9.17) is 0 Å². The van der Waals surface area contributed by atoms with Crippen LogP contribution in [0.15, 0.2) is 24.3 Å². The van der Waals surface area contributed by atoms with Gasteiger partial charge in [0.15, 0.2) is 0 Å². The van der Waals surface area contributed by atoms with E-state index >= 15 is 0 Å². The summed E-state index contributed by atoms with van der Waals surface area (Å²) in [5, 5.41) is 0. The molecule has 2 heteroatoms. The predicted octanol–water partition coefficient (Wildman–Crippen LogP) is 2.52. The van der Waals surface area contributed by atoms with Gasteiger partial charge in [-0.2, -0.15) is 0 Å². The summed E-state index contributed by atoms with van der Waals surface area (Å²) in [5.41, 5.74) is 2.95. The number of para-hydroxylation sites is 1. The quantitative estimate of drug-likeness (QED) is 0.634. The number of anilines is 1. The first-order chi connectivity index (χ1) is 6.79. The van der Waals surface area contributed by atoms with Crippen molar-refractivity contribution in [2.75, 3.05) is 18.0 Å². The van der Waals surface area contributed by atoms with Crippen LogP contribution in [0.1, 0.15) is 29.9 Å². The molecule has 1 unspecified atom stereocenters. The molecular formula is C12H16LiN. The van der Waals surface area contributed by atoms with Gasteiger partial charge in [0.25, 0.3) is 0 Å². The molecule has 70 valence electrons. The second-order valence-electron chi connectivity index (χ2n) is 4.41. The van der Waals surface area contributed by atoms with Crippen molar-refractivity contribution in [3.63, 3.8) is 0 Å². The molecule has 0 aromatic heterocycles. The molecular weight excluding hydrogens is 165 g/mol. The minimum atomic E-state index is 0.631. The molecule has 1 saturated heterocycles. The van der Waals surface area contributed by atoms with E-state index in [-0.39, 0.29) is 0 Å². The summed E-state index contributed by atoms with van der Waals surface area (Å²) < 4.78 is 0.631. The molecule has 0 bridgehead atoms. The van der Waals surface area contributed by atoms with Gasteiger partial charge >= 0.3 is 95.6 Å². The van der Waals surface area contributed by atoms with Crippen molar-refractivity contribution >= 4 is 23.4 Å². The van der Waals surface area contributed by atoms with Crippen LogP contribution in [-0.4, -0.2) is 30.8 Å². The van der Waals surface area contributed by atoms with Crippen LogP contribution in [-0.2, 0) is 0 Å². The summed E-state index contributed by atoms with van der Waals surface area (Å²) in [7, 11) is 0. The molecule has 0 spiro atoms. The summed E-state index contributed by atoms with van der Waals surface area (Å²) in [6, 6.07) is 8.83. The van der Waals surface area contributed by atoms with E-state index in [0.29, 0.717) is 4.59 Å². The normalized spacial score (nSPS) is 18.6. The van der Waals surface area contributed by atoms with Crippen molar-refractivity contribution in [2.45, 2.75) is 24.4 Å². The zero-order chi connectivity index (χ0) is 9.97. The van der Waals surface area contributed by atoms with Gasteiger partial charge in [-0.1, -0.05) is 0 Å². The fraction of sp³-hybridized carbons (Fsp3) is 0.500. The maximum absolute atomic E-state index is 2.52. The van der Waals surface area contributed by atoms with Crippen LogP contribution >= 0.6 is 0 Å². The van der Waals surface area contributed by atoms with Crippen molar-refractivity contribution < 1.29 is 0 Å². The van der Waals surface area contributed by atoms with Gasteiger partial charge < -0.3 is 0 Å². The number of hydrogen-bond acceptors (Lipinski definition) is 1. The van der Waals surface area contributed by atoms with E-state index in [1.165, 1.54) is 37.2 Å². The first-order valence-corrected chi connectivity index (χ1v) is 5.63. The van der Waals surface area contributed by atoms with Gasteiger partial charge in [-0.3, -0.25) is 0 Å². The Hall–Kier alpha value is -0.383. The second kappa shape index (κ2) is 4.42. The zero-order valence-corrected chi connectivity index (χ0v) is 9.16. The molecule has 1 fully saturated rings. The fourth-order valence-electron chi connectivity index (χ4n) is 2.22. The number of hydrogen-bond donors (Lipinski definition) is 0. The van der Waals surface area contributed by atoms with Crippen LogP contribution in [0.3, 0.4) is 0 Å². The van der Waals surface area contributed by atoms with Gasteiger partial charge in [0.1, 0.15) is 0 Å². The Balaban J connectivity index is 2.30. The molecule has 0 radical (unpaired) electrons. The first-order valence-electron chi connectivity index (χ1n) is 5.63. The van der Waals surface area contributed by atoms with E-state index in [1.807, 2.05) is 0 Å². The molecule has 1 aliphatic rings. The van der Waals surface area contributed by atoms with Crippen LogP contribution in [0.4, 0.5) is 5.69 Å². The van der Waals surface area contributed by atoms with Crippen molar-refractivity contribution in [1.29, 1.82) is 0 Å². The Morgan fingerprint density at radius 2 is 1.86 bits per heavy atom. The van der Waals surface area contributed by atoms with Crippen molar-refractivity contribution in [3.8, 4) is 0 Å². The Morgan fingerprint density at radius 3 is 2.50 bits per heavy atom.